The lowest BCUT2D eigenvalue weighted by atomic mass is 9.85. The van der Waals surface area contributed by atoms with Crippen molar-refractivity contribution in [1.82, 2.24) is 10.1 Å². The van der Waals surface area contributed by atoms with E-state index >= 15 is 0 Å². The molecule has 100 valence electrons. The van der Waals surface area contributed by atoms with Gasteiger partial charge in [0, 0.05) is 26.2 Å². The molecule has 1 heterocycles. The fourth-order valence-electron chi connectivity index (χ4n) is 3.58. The van der Waals surface area contributed by atoms with Gasteiger partial charge in [0.15, 0.2) is 5.82 Å². The summed E-state index contributed by atoms with van der Waals surface area (Å²) in [6, 6.07) is 0.219. The second kappa shape index (κ2) is 4.97. The number of aryl methyl sites for hydroxylation is 1. The number of nitrogens with two attached hydrogens (primary N) is 1. The second-order valence-corrected chi connectivity index (χ2v) is 5.58. The fraction of sp³-hybridized carbons (Fsp3) is 0.846. The smallest absolute Gasteiger partial charge is 0.231 e. The molecule has 2 fully saturated rings. The molecule has 2 N–H and O–H groups in total. The van der Waals surface area contributed by atoms with Crippen molar-refractivity contribution in [2.45, 2.75) is 44.1 Å². The topological polar surface area (TPSA) is 74.2 Å². The Hall–Kier alpha value is -0.940. The molecule has 2 aliphatic rings. The van der Waals surface area contributed by atoms with Gasteiger partial charge in [-0.1, -0.05) is 5.16 Å². The Morgan fingerprint density at radius 2 is 2.22 bits per heavy atom. The average Bonchev–Trinajstić information content (AvgIpc) is 3.04. The molecule has 0 amide bonds. The Kier molecular flexibility index (Phi) is 3.35. The van der Waals surface area contributed by atoms with Crippen LogP contribution in [-0.2, 0) is 11.2 Å². The molecule has 5 nitrogen and oxygen atoms in total. The summed E-state index contributed by atoms with van der Waals surface area (Å²) in [6.45, 7) is 0.734. The van der Waals surface area contributed by atoms with E-state index in [4.69, 9.17) is 15.0 Å². The molecule has 1 aromatic heterocycles. The molecule has 4 unspecified atom stereocenters. The molecule has 1 aromatic rings. The van der Waals surface area contributed by atoms with Gasteiger partial charge >= 0.3 is 0 Å². The molecule has 0 spiro atoms. The van der Waals surface area contributed by atoms with Crippen LogP contribution in [0.25, 0.3) is 0 Å². The number of fused-ring (bicyclic) bond motifs is 2. The zero-order valence-corrected chi connectivity index (χ0v) is 10.8. The number of ether oxygens (including phenoxy) is 1. The van der Waals surface area contributed by atoms with Crippen molar-refractivity contribution in [2.24, 2.45) is 17.6 Å². The molecule has 18 heavy (non-hydrogen) atoms. The summed E-state index contributed by atoms with van der Waals surface area (Å²) in [5.41, 5.74) is 6.28. The molecule has 5 heteroatoms. The molecular weight excluding hydrogens is 230 g/mol. The number of aromatic nitrogens is 2. The number of hydrogen-bond acceptors (Lipinski definition) is 5. The first-order valence-electron chi connectivity index (χ1n) is 6.86. The van der Waals surface area contributed by atoms with Crippen LogP contribution in [0.3, 0.4) is 0 Å². The summed E-state index contributed by atoms with van der Waals surface area (Å²) in [4.78, 5) is 4.52. The summed E-state index contributed by atoms with van der Waals surface area (Å²) in [5, 5.41) is 4.05. The Morgan fingerprint density at radius 3 is 2.94 bits per heavy atom. The van der Waals surface area contributed by atoms with E-state index in [0.29, 0.717) is 17.8 Å². The van der Waals surface area contributed by atoms with Gasteiger partial charge < -0.3 is 15.0 Å². The lowest BCUT2D eigenvalue weighted by Gasteiger charge is -2.24. The minimum atomic E-state index is 0.219. The maximum Gasteiger partial charge on any atom is 0.231 e. The van der Waals surface area contributed by atoms with E-state index in [0.717, 1.165) is 31.2 Å². The minimum Gasteiger partial charge on any atom is -0.385 e. The van der Waals surface area contributed by atoms with Gasteiger partial charge in [-0.25, -0.2) is 0 Å². The van der Waals surface area contributed by atoms with Crippen LogP contribution in [0.4, 0.5) is 0 Å². The van der Waals surface area contributed by atoms with Crippen LogP contribution >= 0.6 is 0 Å². The van der Waals surface area contributed by atoms with Crippen molar-refractivity contribution in [3.8, 4) is 0 Å². The molecule has 0 radical (unpaired) electrons. The highest BCUT2D eigenvalue weighted by Gasteiger charge is 2.48. The first-order valence-corrected chi connectivity index (χ1v) is 6.86. The zero-order chi connectivity index (χ0) is 12.5. The number of nitrogens with zero attached hydrogens (tertiary/aromatic N) is 2. The highest BCUT2D eigenvalue weighted by molar-refractivity contribution is 5.11. The van der Waals surface area contributed by atoms with Crippen LogP contribution in [-0.4, -0.2) is 29.9 Å². The van der Waals surface area contributed by atoms with Crippen LogP contribution in [0.5, 0.6) is 0 Å². The fourth-order valence-corrected chi connectivity index (χ4v) is 3.58. The van der Waals surface area contributed by atoms with Crippen molar-refractivity contribution in [3.63, 3.8) is 0 Å². The highest BCUT2D eigenvalue weighted by Crippen LogP contribution is 2.51. The molecular formula is C13H21N3O2. The molecule has 0 aliphatic heterocycles. The van der Waals surface area contributed by atoms with E-state index in [9.17, 15) is 0 Å². The van der Waals surface area contributed by atoms with Crippen LogP contribution in [0.2, 0.25) is 0 Å². The van der Waals surface area contributed by atoms with Gasteiger partial charge in [0.1, 0.15) is 0 Å². The van der Waals surface area contributed by atoms with Crippen LogP contribution in [0, 0.1) is 11.8 Å². The number of rotatable bonds is 5. The first kappa shape index (κ1) is 12.1. The third-order valence-corrected chi connectivity index (χ3v) is 4.50. The van der Waals surface area contributed by atoms with E-state index in [2.05, 4.69) is 10.1 Å². The predicted octanol–water partition coefficient (Wildman–Crippen LogP) is 1.49. The van der Waals surface area contributed by atoms with Gasteiger partial charge in [-0.15, -0.1) is 0 Å². The van der Waals surface area contributed by atoms with Crippen LogP contribution in [0.15, 0.2) is 4.52 Å². The van der Waals surface area contributed by atoms with Gasteiger partial charge in [-0.3, -0.25) is 0 Å². The summed E-state index contributed by atoms with van der Waals surface area (Å²) in [5.74, 6) is 3.19. The lowest BCUT2D eigenvalue weighted by molar-refractivity contribution is 0.194. The summed E-state index contributed by atoms with van der Waals surface area (Å²) in [6.07, 6.45) is 5.53. The molecule has 3 rings (SSSR count). The third-order valence-electron chi connectivity index (χ3n) is 4.50. The maximum absolute atomic E-state index is 6.28. The average molecular weight is 251 g/mol. The summed E-state index contributed by atoms with van der Waals surface area (Å²) >= 11 is 0. The molecule has 4 atom stereocenters. The van der Waals surface area contributed by atoms with Gasteiger partial charge in [0.25, 0.3) is 0 Å². The van der Waals surface area contributed by atoms with Crippen molar-refractivity contribution in [2.75, 3.05) is 13.7 Å². The van der Waals surface area contributed by atoms with E-state index in [-0.39, 0.29) is 6.04 Å². The minimum absolute atomic E-state index is 0.219. The van der Waals surface area contributed by atoms with Gasteiger partial charge in [0.2, 0.25) is 5.89 Å². The van der Waals surface area contributed by atoms with Crippen molar-refractivity contribution < 1.29 is 9.26 Å². The number of hydrogen-bond donors (Lipinski definition) is 1. The summed E-state index contributed by atoms with van der Waals surface area (Å²) in [7, 11) is 1.70. The number of methoxy groups -OCH3 is 1. The molecule has 2 saturated carbocycles. The Morgan fingerprint density at radius 1 is 1.39 bits per heavy atom. The Balaban J connectivity index is 1.66. The van der Waals surface area contributed by atoms with Crippen LogP contribution < -0.4 is 5.73 Å². The second-order valence-electron chi connectivity index (χ2n) is 5.58. The van der Waals surface area contributed by atoms with Crippen LogP contribution in [0.1, 0.15) is 43.3 Å². The van der Waals surface area contributed by atoms with E-state index in [1.54, 1.807) is 7.11 Å². The van der Waals surface area contributed by atoms with Gasteiger partial charge in [-0.05, 0) is 37.5 Å². The Bertz CT molecular complexity index is 405. The van der Waals surface area contributed by atoms with Gasteiger partial charge in [-0.2, -0.15) is 4.98 Å². The normalized spacial score (nSPS) is 34.3. The van der Waals surface area contributed by atoms with Crippen molar-refractivity contribution in [1.29, 1.82) is 0 Å². The van der Waals surface area contributed by atoms with Crippen molar-refractivity contribution >= 4 is 0 Å². The maximum atomic E-state index is 6.28. The van der Waals surface area contributed by atoms with Gasteiger partial charge in [0.05, 0.1) is 5.92 Å². The standard InChI is InChI=1S/C13H21N3O2/c1-17-6-2-3-10-15-13(18-16-10)11-8-4-5-9(7-8)12(11)14/h8-9,11-12H,2-7,14H2,1H3. The first-order chi connectivity index (χ1) is 8.79. The molecule has 2 bridgehead atoms. The molecule has 0 aromatic carbocycles. The third kappa shape index (κ3) is 2.06. The SMILES string of the molecule is COCCCc1noc(C2C3CCC(C3)C2N)n1. The molecule has 0 saturated heterocycles. The Labute approximate surface area is 107 Å². The lowest BCUT2D eigenvalue weighted by Crippen LogP contribution is -2.34. The quantitative estimate of drug-likeness (QED) is 0.802. The van der Waals surface area contributed by atoms with Crippen molar-refractivity contribution in [3.05, 3.63) is 11.7 Å². The molecule has 2 aliphatic carbocycles. The summed E-state index contributed by atoms with van der Waals surface area (Å²) < 4.78 is 10.4. The zero-order valence-electron chi connectivity index (χ0n) is 10.8. The predicted molar refractivity (Wildman–Crippen MR) is 66.0 cm³/mol. The van der Waals surface area contributed by atoms with E-state index in [1.807, 2.05) is 0 Å². The monoisotopic (exact) mass is 251 g/mol. The largest absolute Gasteiger partial charge is 0.385 e. The van der Waals surface area contributed by atoms with E-state index in [1.165, 1.54) is 19.3 Å². The van der Waals surface area contributed by atoms with E-state index < -0.39 is 0 Å². The highest BCUT2D eigenvalue weighted by atomic mass is 16.5.